The first-order chi connectivity index (χ1) is 8.13. The van der Waals surface area contributed by atoms with Crippen LogP contribution in [0.15, 0.2) is 6.33 Å². The summed E-state index contributed by atoms with van der Waals surface area (Å²) in [5.74, 6) is 1.26. The van der Waals surface area contributed by atoms with Crippen molar-refractivity contribution in [2.75, 3.05) is 30.8 Å². The van der Waals surface area contributed by atoms with Gasteiger partial charge in [0.2, 0.25) is 0 Å². The lowest BCUT2D eigenvalue weighted by Crippen LogP contribution is -2.44. The normalized spacial score (nSPS) is 25.0. The third-order valence-corrected chi connectivity index (χ3v) is 3.61. The second kappa shape index (κ2) is 5.06. The van der Waals surface area contributed by atoms with E-state index >= 15 is 0 Å². The van der Waals surface area contributed by atoms with Crippen LogP contribution in [0.1, 0.15) is 13.3 Å². The van der Waals surface area contributed by atoms with Gasteiger partial charge in [0.1, 0.15) is 12.0 Å². The fourth-order valence-corrected chi connectivity index (χ4v) is 2.28. The number of anilines is 2. The SMILES string of the molecule is COC1CN(c2ncnc(Cl)c2N)CCC1C. The number of nitrogen functional groups attached to an aromatic ring is 1. The average Bonchev–Trinajstić information content (AvgIpc) is 2.34. The molecule has 0 spiro atoms. The molecule has 0 aliphatic carbocycles. The summed E-state index contributed by atoms with van der Waals surface area (Å²) in [5, 5.41) is 0.308. The average molecular weight is 257 g/mol. The van der Waals surface area contributed by atoms with Crippen LogP contribution >= 0.6 is 11.6 Å². The van der Waals surface area contributed by atoms with Gasteiger partial charge < -0.3 is 15.4 Å². The molecule has 0 aromatic carbocycles. The molecule has 0 bridgehead atoms. The van der Waals surface area contributed by atoms with Gasteiger partial charge in [-0.05, 0) is 12.3 Å². The number of nitrogens with zero attached hydrogens (tertiary/aromatic N) is 3. The Hall–Kier alpha value is -1.07. The number of aromatic nitrogens is 2. The molecule has 1 saturated heterocycles. The molecule has 1 fully saturated rings. The molecule has 1 aliphatic heterocycles. The fourth-order valence-electron chi connectivity index (χ4n) is 2.15. The van der Waals surface area contributed by atoms with E-state index in [0.717, 1.165) is 19.5 Å². The number of methoxy groups -OCH3 is 1. The molecule has 1 aromatic heterocycles. The topological polar surface area (TPSA) is 64.3 Å². The summed E-state index contributed by atoms with van der Waals surface area (Å²) in [4.78, 5) is 10.2. The maximum absolute atomic E-state index is 5.90. The number of rotatable bonds is 2. The number of ether oxygens (including phenoxy) is 1. The van der Waals surface area contributed by atoms with Gasteiger partial charge in [0.05, 0.1) is 6.10 Å². The number of piperidine rings is 1. The Labute approximate surface area is 106 Å². The minimum atomic E-state index is 0.205. The Morgan fingerprint density at radius 3 is 3.00 bits per heavy atom. The summed E-state index contributed by atoms with van der Waals surface area (Å²) in [7, 11) is 1.74. The van der Waals surface area contributed by atoms with Gasteiger partial charge in [-0.3, -0.25) is 0 Å². The summed E-state index contributed by atoms with van der Waals surface area (Å²) in [6.07, 6.45) is 2.70. The molecule has 0 saturated carbocycles. The van der Waals surface area contributed by atoms with Gasteiger partial charge in [-0.15, -0.1) is 0 Å². The number of nitrogens with two attached hydrogens (primary N) is 1. The van der Waals surface area contributed by atoms with Crippen molar-refractivity contribution in [1.82, 2.24) is 9.97 Å². The Morgan fingerprint density at radius 2 is 2.29 bits per heavy atom. The number of hydrogen-bond acceptors (Lipinski definition) is 5. The van der Waals surface area contributed by atoms with Crippen LogP contribution in [0.3, 0.4) is 0 Å². The van der Waals surface area contributed by atoms with Gasteiger partial charge in [0, 0.05) is 20.2 Å². The van der Waals surface area contributed by atoms with Crippen molar-refractivity contribution in [3.63, 3.8) is 0 Å². The molecule has 1 aromatic rings. The van der Waals surface area contributed by atoms with Crippen LogP contribution in [0.2, 0.25) is 5.15 Å². The van der Waals surface area contributed by atoms with E-state index in [1.165, 1.54) is 6.33 Å². The van der Waals surface area contributed by atoms with E-state index < -0.39 is 0 Å². The lowest BCUT2D eigenvalue weighted by molar-refractivity contribution is 0.0497. The van der Waals surface area contributed by atoms with E-state index in [2.05, 4.69) is 21.8 Å². The number of halogens is 1. The number of hydrogen-bond donors (Lipinski definition) is 1. The summed E-state index contributed by atoms with van der Waals surface area (Å²) in [6, 6.07) is 0. The molecule has 0 radical (unpaired) electrons. The smallest absolute Gasteiger partial charge is 0.157 e. The molecule has 0 amide bonds. The quantitative estimate of drug-likeness (QED) is 0.814. The lowest BCUT2D eigenvalue weighted by atomic mass is 9.96. The van der Waals surface area contributed by atoms with Crippen LogP contribution in [-0.4, -0.2) is 36.3 Å². The largest absolute Gasteiger partial charge is 0.393 e. The summed E-state index contributed by atoms with van der Waals surface area (Å²) < 4.78 is 5.47. The highest BCUT2D eigenvalue weighted by Gasteiger charge is 2.28. The molecule has 2 rings (SSSR count). The molecule has 2 atom stereocenters. The first-order valence-electron chi connectivity index (χ1n) is 5.67. The minimum absolute atomic E-state index is 0.205. The Balaban J connectivity index is 2.20. The second-order valence-corrected chi connectivity index (χ2v) is 4.75. The van der Waals surface area contributed by atoms with Gasteiger partial charge in [0.25, 0.3) is 0 Å². The third-order valence-electron chi connectivity index (χ3n) is 3.31. The molecule has 6 heteroatoms. The van der Waals surface area contributed by atoms with Crippen LogP contribution in [0, 0.1) is 5.92 Å². The molecule has 17 heavy (non-hydrogen) atoms. The van der Waals surface area contributed by atoms with Gasteiger partial charge >= 0.3 is 0 Å². The zero-order valence-electron chi connectivity index (χ0n) is 10.1. The predicted molar refractivity (Wildman–Crippen MR) is 68.2 cm³/mol. The van der Waals surface area contributed by atoms with Crippen molar-refractivity contribution >= 4 is 23.1 Å². The predicted octanol–water partition coefficient (Wildman–Crippen LogP) is 1.57. The second-order valence-electron chi connectivity index (χ2n) is 4.39. The van der Waals surface area contributed by atoms with Gasteiger partial charge in [0.15, 0.2) is 11.0 Å². The molecule has 2 unspecified atom stereocenters. The van der Waals surface area contributed by atoms with E-state index in [-0.39, 0.29) is 6.10 Å². The molecule has 94 valence electrons. The van der Waals surface area contributed by atoms with Gasteiger partial charge in [-0.1, -0.05) is 18.5 Å². The maximum Gasteiger partial charge on any atom is 0.157 e. The molecule has 2 heterocycles. The summed E-state index contributed by atoms with van der Waals surface area (Å²) in [5.41, 5.74) is 6.34. The molecular weight excluding hydrogens is 240 g/mol. The van der Waals surface area contributed by atoms with Crippen molar-refractivity contribution in [2.24, 2.45) is 5.92 Å². The Bertz CT molecular complexity index is 401. The van der Waals surface area contributed by atoms with Crippen molar-refractivity contribution in [2.45, 2.75) is 19.4 Å². The highest BCUT2D eigenvalue weighted by atomic mass is 35.5. The highest BCUT2D eigenvalue weighted by Crippen LogP contribution is 2.29. The first-order valence-corrected chi connectivity index (χ1v) is 6.05. The summed E-state index contributed by atoms with van der Waals surface area (Å²) >= 11 is 5.90. The van der Waals surface area contributed by atoms with E-state index in [9.17, 15) is 0 Å². The van der Waals surface area contributed by atoms with Crippen LogP contribution in [0.5, 0.6) is 0 Å². The standard InChI is InChI=1S/C11H17ClN4O/c1-7-3-4-16(5-8(7)17-2)11-9(13)10(12)14-6-15-11/h6-8H,3-5,13H2,1-2H3. The third kappa shape index (κ3) is 2.45. The fraction of sp³-hybridized carbons (Fsp3) is 0.636. The van der Waals surface area contributed by atoms with Crippen LogP contribution in [-0.2, 0) is 4.74 Å². The van der Waals surface area contributed by atoms with Crippen molar-refractivity contribution in [1.29, 1.82) is 0 Å². The zero-order valence-corrected chi connectivity index (χ0v) is 10.8. The zero-order chi connectivity index (χ0) is 12.4. The Morgan fingerprint density at radius 1 is 1.53 bits per heavy atom. The van der Waals surface area contributed by atoms with Crippen molar-refractivity contribution < 1.29 is 4.74 Å². The summed E-state index contributed by atoms with van der Waals surface area (Å²) in [6.45, 7) is 3.90. The Kier molecular flexibility index (Phi) is 3.69. The lowest BCUT2D eigenvalue weighted by Gasteiger charge is -2.37. The first kappa shape index (κ1) is 12.4. The van der Waals surface area contributed by atoms with Gasteiger partial charge in [-0.25, -0.2) is 9.97 Å². The molecule has 1 aliphatic rings. The van der Waals surface area contributed by atoms with Crippen molar-refractivity contribution in [3.05, 3.63) is 11.5 Å². The van der Waals surface area contributed by atoms with Crippen molar-refractivity contribution in [3.8, 4) is 0 Å². The molecule has 2 N–H and O–H groups in total. The highest BCUT2D eigenvalue weighted by molar-refractivity contribution is 6.32. The van der Waals surface area contributed by atoms with E-state index in [4.69, 9.17) is 22.1 Å². The van der Waals surface area contributed by atoms with E-state index in [1.807, 2.05) is 0 Å². The van der Waals surface area contributed by atoms with Crippen LogP contribution in [0.25, 0.3) is 0 Å². The van der Waals surface area contributed by atoms with E-state index in [0.29, 0.717) is 22.6 Å². The molecule has 5 nitrogen and oxygen atoms in total. The maximum atomic E-state index is 5.90. The van der Waals surface area contributed by atoms with Crippen LogP contribution < -0.4 is 10.6 Å². The van der Waals surface area contributed by atoms with Crippen LogP contribution in [0.4, 0.5) is 11.5 Å². The monoisotopic (exact) mass is 256 g/mol. The molecular formula is C11H17ClN4O. The minimum Gasteiger partial charge on any atom is -0.393 e. The van der Waals surface area contributed by atoms with Gasteiger partial charge in [-0.2, -0.15) is 0 Å². The van der Waals surface area contributed by atoms with E-state index in [1.54, 1.807) is 7.11 Å².